The van der Waals surface area contributed by atoms with Crippen LogP contribution in [-0.2, 0) is 9.59 Å². The van der Waals surface area contributed by atoms with Crippen LogP contribution >= 0.6 is 11.8 Å². The lowest BCUT2D eigenvalue weighted by Crippen LogP contribution is -2.57. The molecule has 5 heteroatoms. The smallest absolute Gasteiger partial charge is 0.329 e. The molecule has 1 saturated heterocycles. The Balaban J connectivity index is 1.98. The molecule has 2 aliphatic rings. The Hall–Kier alpha value is -0.710. The van der Waals surface area contributed by atoms with Crippen LogP contribution in [0.3, 0.4) is 0 Å². The minimum absolute atomic E-state index is 0.0794. The lowest BCUT2D eigenvalue weighted by Gasteiger charge is -2.39. The largest absolute Gasteiger partial charge is 0.480 e. The Bertz CT molecular complexity index is 402. The van der Waals surface area contributed by atoms with E-state index in [-0.39, 0.29) is 11.3 Å². The van der Waals surface area contributed by atoms with Gasteiger partial charge in [0, 0.05) is 6.42 Å². The standard InChI is InChI=1S/C16H27NO3S/c1-15(2)6-4-3-5-12(15)11-13(18)17-16(14(19)20)7-9-21-10-8-16/h12H,3-11H2,1-2H3,(H,17,18)(H,19,20). The molecular weight excluding hydrogens is 286 g/mol. The molecule has 0 aromatic heterocycles. The first-order chi connectivity index (χ1) is 9.86. The minimum atomic E-state index is -1.03. The Labute approximate surface area is 131 Å². The molecule has 0 aromatic carbocycles. The first-order valence-electron chi connectivity index (χ1n) is 7.98. The van der Waals surface area contributed by atoms with E-state index in [0.29, 0.717) is 25.2 Å². The van der Waals surface area contributed by atoms with Crippen LogP contribution in [0.25, 0.3) is 0 Å². The number of amides is 1. The molecule has 1 atom stereocenters. The van der Waals surface area contributed by atoms with Gasteiger partial charge >= 0.3 is 5.97 Å². The number of carbonyl (C=O) groups excluding carboxylic acids is 1. The van der Waals surface area contributed by atoms with Crippen molar-refractivity contribution in [2.75, 3.05) is 11.5 Å². The van der Waals surface area contributed by atoms with Gasteiger partial charge in [0.05, 0.1) is 0 Å². The van der Waals surface area contributed by atoms with Crippen molar-refractivity contribution in [3.05, 3.63) is 0 Å². The molecule has 1 saturated carbocycles. The minimum Gasteiger partial charge on any atom is -0.480 e. The van der Waals surface area contributed by atoms with Gasteiger partial charge in [0.2, 0.25) is 5.91 Å². The van der Waals surface area contributed by atoms with Crippen LogP contribution in [0.5, 0.6) is 0 Å². The number of rotatable bonds is 4. The van der Waals surface area contributed by atoms with Crippen LogP contribution in [-0.4, -0.2) is 34.0 Å². The van der Waals surface area contributed by atoms with E-state index in [0.717, 1.165) is 24.3 Å². The number of thioether (sulfide) groups is 1. The number of aliphatic carboxylic acids is 1. The van der Waals surface area contributed by atoms with Crippen molar-refractivity contribution < 1.29 is 14.7 Å². The third-order valence-electron chi connectivity index (χ3n) is 5.30. The molecule has 0 radical (unpaired) electrons. The number of carboxylic acid groups (broad SMARTS) is 1. The van der Waals surface area contributed by atoms with Crippen LogP contribution in [0.4, 0.5) is 0 Å². The highest BCUT2D eigenvalue weighted by atomic mass is 32.2. The monoisotopic (exact) mass is 313 g/mol. The highest BCUT2D eigenvalue weighted by Crippen LogP contribution is 2.42. The summed E-state index contributed by atoms with van der Waals surface area (Å²) in [6.45, 7) is 4.46. The average molecular weight is 313 g/mol. The van der Waals surface area contributed by atoms with E-state index < -0.39 is 11.5 Å². The topological polar surface area (TPSA) is 66.4 Å². The summed E-state index contributed by atoms with van der Waals surface area (Å²) in [7, 11) is 0. The molecule has 2 fully saturated rings. The van der Waals surface area contributed by atoms with Gasteiger partial charge in [0.15, 0.2) is 0 Å². The van der Waals surface area contributed by atoms with Crippen molar-refractivity contribution in [1.29, 1.82) is 0 Å². The lowest BCUT2D eigenvalue weighted by molar-refractivity contribution is -0.148. The fourth-order valence-corrected chi connectivity index (χ4v) is 4.79. The molecular formula is C16H27NO3S. The van der Waals surface area contributed by atoms with E-state index in [2.05, 4.69) is 19.2 Å². The number of hydrogen-bond acceptors (Lipinski definition) is 3. The van der Waals surface area contributed by atoms with E-state index in [9.17, 15) is 14.7 Å². The van der Waals surface area contributed by atoms with E-state index in [1.807, 2.05) is 0 Å². The fraction of sp³-hybridized carbons (Fsp3) is 0.875. The summed E-state index contributed by atoms with van der Waals surface area (Å²) in [4.78, 5) is 24.0. The Morgan fingerprint density at radius 1 is 1.19 bits per heavy atom. The van der Waals surface area contributed by atoms with Gasteiger partial charge in [-0.15, -0.1) is 0 Å². The average Bonchev–Trinajstić information content (AvgIpc) is 2.42. The molecule has 1 unspecified atom stereocenters. The molecule has 0 aromatic rings. The molecule has 120 valence electrons. The Kier molecular flexibility index (Phi) is 5.23. The molecule has 1 heterocycles. The van der Waals surface area contributed by atoms with Crippen molar-refractivity contribution in [3.8, 4) is 0 Å². The van der Waals surface area contributed by atoms with E-state index >= 15 is 0 Å². The molecule has 4 nitrogen and oxygen atoms in total. The van der Waals surface area contributed by atoms with Gasteiger partial charge in [-0.2, -0.15) is 11.8 Å². The molecule has 1 aliphatic heterocycles. The zero-order valence-electron chi connectivity index (χ0n) is 13.1. The van der Waals surface area contributed by atoms with Gasteiger partial charge in [0.1, 0.15) is 5.54 Å². The molecule has 0 spiro atoms. The quantitative estimate of drug-likeness (QED) is 0.837. The number of nitrogens with one attached hydrogen (secondary N) is 1. The maximum Gasteiger partial charge on any atom is 0.329 e. The van der Waals surface area contributed by atoms with Crippen LogP contribution < -0.4 is 5.32 Å². The zero-order chi connectivity index (χ0) is 15.5. The Morgan fingerprint density at radius 2 is 1.86 bits per heavy atom. The second kappa shape index (κ2) is 6.59. The van der Waals surface area contributed by atoms with Gasteiger partial charge in [0.25, 0.3) is 0 Å². The summed E-state index contributed by atoms with van der Waals surface area (Å²) < 4.78 is 0. The molecule has 2 rings (SSSR count). The summed E-state index contributed by atoms with van der Waals surface area (Å²) in [6.07, 6.45) is 6.19. The first kappa shape index (κ1) is 16.7. The highest BCUT2D eigenvalue weighted by molar-refractivity contribution is 7.99. The van der Waals surface area contributed by atoms with Crippen molar-refractivity contribution >= 4 is 23.6 Å². The van der Waals surface area contributed by atoms with Crippen molar-refractivity contribution in [2.45, 2.75) is 64.3 Å². The summed E-state index contributed by atoms with van der Waals surface area (Å²) in [5.74, 6) is 1.03. The second-order valence-electron chi connectivity index (χ2n) is 7.18. The van der Waals surface area contributed by atoms with Gasteiger partial charge in [-0.1, -0.05) is 26.7 Å². The van der Waals surface area contributed by atoms with Crippen molar-refractivity contribution in [3.63, 3.8) is 0 Å². The SMILES string of the molecule is CC1(C)CCCCC1CC(=O)NC1(C(=O)O)CCSCC1. The Morgan fingerprint density at radius 3 is 2.43 bits per heavy atom. The van der Waals surface area contributed by atoms with Crippen molar-refractivity contribution in [1.82, 2.24) is 5.32 Å². The lowest BCUT2D eigenvalue weighted by atomic mass is 9.67. The molecule has 1 amide bonds. The fourth-order valence-electron chi connectivity index (χ4n) is 3.60. The predicted molar refractivity (Wildman–Crippen MR) is 85.4 cm³/mol. The van der Waals surface area contributed by atoms with E-state index in [1.54, 1.807) is 11.8 Å². The second-order valence-corrected chi connectivity index (χ2v) is 8.41. The third kappa shape index (κ3) is 3.93. The summed E-state index contributed by atoms with van der Waals surface area (Å²) in [5, 5.41) is 12.4. The first-order valence-corrected chi connectivity index (χ1v) is 9.13. The summed E-state index contributed by atoms with van der Waals surface area (Å²) in [5.41, 5.74) is -0.838. The van der Waals surface area contributed by atoms with Crippen LogP contribution in [0.2, 0.25) is 0 Å². The third-order valence-corrected chi connectivity index (χ3v) is 6.28. The molecule has 2 N–H and O–H groups in total. The number of carbonyl (C=O) groups is 2. The van der Waals surface area contributed by atoms with E-state index in [4.69, 9.17) is 0 Å². The molecule has 0 bridgehead atoms. The van der Waals surface area contributed by atoms with Gasteiger partial charge in [-0.05, 0) is 48.5 Å². The number of carboxylic acids is 1. The summed E-state index contributed by atoms with van der Waals surface area (Å²) >= 11 is 1.76. The molecule has 1 aliphatic carbocycles. The summed E-state index contributed by atoms with van der Waals surface area (Å²) in [6, 6.07) is 0. The number of hydrogen-bond donors (Lipinski definition) is 2. The van der Waals surface area contributed by atoms with Crippen molar-refractivity contribution in [2.24, 2.45) is 11.3 Å². The maximum absolute atomic E-state index is 12.4. The van der Waals surface area contributed by atoms with Crippen LogP contribution in [0, 0.1) is 11.3 Å². The van der Waals surface area contributed by atoms with Crippen LogP contribution in [0.15, 0.2) is 0 Å². The van der Waals surface area contributed by atoms with Crippen LogP contribution in [0.1, 0.15) is 58.8 Å². The highest BCUT2D eigenvalue weighted by Gasteiger charge is 2.42. The molecule has 21 heavy (non-hydrogen) atoms. The zero-order valence-corrected chi connectivity index (χ0v) is 13.9. The van der Waals surface area contributed by atoms with Gasteiger partial charge in [-0.3, -0.25) is 4.79 Å². The van der Waals surface area contributed by atoms with E-state index in [1.165, 1.54) is 12.8 Å². The normalized spacial score (nSPS) is 27.8. The predicted octanol–water partition coefficient (Wildman–Crippen LogP) is 3.06. The maximum atomic E-state index is 12.4. The van der Waals surface area contributed by atoms with Gasteiger partial charge in [-0.25, -0.2) is 4.79 Å². The van der Waals surface area contributed by atoms with Gasteiger partial charge < -0.3 is 10.4 Å².